The van der Waals surface area contributed by atoms with Crippen LogP contribution < -0.4 is 41.8 Å². The van der Waals surface area contributed by atoms with Crippen molar-refractivity contribution < 1.29 is 84.5 Å². The summed E-state index contributed by atoms with van der Waals surface area (Å²) in [7, 11) is -8.38. The first-order valence-electron chi connectivity index (χ1n) is 25.0. The van der Waals surface area contributed by atoms with Crippen LogP contribution in [0.15, 0.2) is 114 Å². The molecule has 0 saturated carbocycles. The van der Waals surface area contributed by atoms with Crippen LogP contribution >= 0.6 is 59.3 Å². The lowest BCUT2D eigenvalue weighted by molar-refractivity contribution is -0.432. The molecule has 9 rings (SSSR count). The third-order valence-corrected chi connectivity index (χ3v) is 16.5. The van der Waals surface area contributed by atoms with Crippen molar-refractivity contribution in [3.05, 3.63) is 95.0 Å². The first-order valence-corrected chi connectivity index (χ1v) is 30.9. The maximum atomic E-state index is 12.8. The van der Waals surface area contributed by atoms with Crippen molar-refractivity contribution in [3.8, 4) is 11.5 Å². The number of halogens is 2. The van der Waals surface area contributed by atoms with Gasteiger partial charge in [0.1, 0.15) is 26.9 Å². The second kappa shape index (κ2) is 29.3. The first kappa shape index (κ1) is 65.8. The van der Waals surface area contributed by atoms with Crippen LogP contribution in [0, 0.1) is 6.92 Å². The molecule has 470 valence electrons. The minimum absolute atomic E-state index is 0.0182. The molecule has 89 heavy (non-hydrogen) atoms. The third kappa shape index (κ3) is 16.8. The van der Waals surface area contributed by atoms with E-state index in [-0.39, 0.29) is 100 Å². The summed E-state index contributed by atoms with van der Waals surface area (Å²) in [5.41, 5.74) is 6.55. The van der Waals surface area contributed by atoms with Crippen LogP contribution in [0.1, 0.15) is 12.5 Å². The summed E-state index contributed by atoms with van der Waals surface area (Å²) in [5.74, 6) is -0.830. The molecule has 8 aromatic rings. The second-order valence-corrected chi connectivity index (χ2v) is 24.0. The maximum Gasteiger partial charge on any atom is 0.296 e. The van der Waals surface area contributed by atoms with Gasteiger partial charge in [0.25, 0.3) is 20.2 Å². The van der Waals surface area contributed by atoms with E-state index in [0.29, 0.717) is 85.7 Å². The zero-order chi connectivity index (χ0) is 63.6. The van der Waals surface area contributed by atoms with Gasteiger partial charge in [-0.1, -0.05) is 33.3 Å². The highest BCUT2D eigenvalue weighted by molar-refractivity contribution is 7.95. The van der Waals surface area contributed by atoms with Gasteiger partial charge in [0.15, 0.2) is 5.75 Å². The Morgan fingerprint density at radius 3 is 2.06 bits per heavy atom. The molecule has 3 heterocycles. The van der Waals surface area contributed by atoms with E-state index in [1.807, 2.05) is 4.90 Å². The molecular weight excluding hydrogens is 1320 g/mol. The van der Waals surface area contributed by atoms with Crippen molar-refractivity contribution in [3.63, 3.8) is 0 Å². The summed E-state index contributed by atoms with van der Waals surface area (Å²) in [6.45, 7) is 5.77. The van der Waals surface area contributed by atoms with E-state index in [1.54, 1.807) is 31.2 Å². The largest absolute Gasteiger partial charge is 0.505 e. The predicted octanol–water partition coefficient (Wildman–Crippen LogP) is 10.0. The van der Waals surface area contributed by atoms with Gasteiger partial charge >= 0.3 is 0 Å². The van der Waals surface area contributed by atoms with Crippen molar-refractivity contribution in [2.45, 2.75) is 38.3 Å². The molecule has 41 heteroatoms. The summed E-state index contributed by atoms with van der Waals surface area (Å²) in [6, 6.07) is 18.6. The van der Waals surface area contributed by atoms with Gasteiger partial charge < -0.3 is 36.0 Å². The summed E-state index contributed by atoms with van der Waals surface area (Å²) < 4.78 is 90.0. The summed E-state index contributed by atoms with van der Waals surface area (Å²) in [6.07, 6.45) is 0. The number of phenolic OH excluding ortho intramolecular Hbond substituents is 1. The minimum Gasteiger partial charge on any atom is -0.505 e. The number of methoxy groups -OCH3 is 1. The van der Waals surface area contributed by atoms with Gasteiger partial charge in [0, 0.05) is 72.8 Å². The number of hydrogen-bond acceptors (Lipinski definition) is 34. The number of piperazine rings is 1. The first-order chi connectivity index (χ1) is 42.6. The fraction of sp³-hybridized carbons (Fsp3) is 0.188. The van der Waals surface area contributed by atoms with Gasteiger partial charge in [-0.25, -0.2) is 15.8 Å². The molecular formula is C48H46Cl2N16O18S5. The van der Waals surface area contributed by atoms with E-state index in [0.717, 1.165) is 11.6 Å². The Hall–Kier alpha value is -7.62. The highest BCUT2D eigenvalue weighted by Gasteiger charge is 2.27. The van der Waals surface area contributed by atoms with Crippen molar-refractivity contribution in [1.82, 2.24) is 34.8 Å². The monoisotopic (exact) mass is 1360 g/mol. The molecule has 2 aromatic heterocycles. The number of hydrazine groups is 1. The predicted molar refractivity (Wildman–Crippen MR) is 324 cm³/mol. The van der Waals surface area contributed by atoms with Crippen LogP contribution in [-0.2, 0) is 53.1 Å². The van der Waals surface area contributed by atoms with Gasteiger partial charge in [-0.15, -0.1) is 18.1 Å². The number of carbonyl (C=O) groups is 1. The molecule has 1 aliphatic rings. The molecule has 0 unspecified atom stereocenters. The minimum atomic E-state index is -5.05. The average Bonchev–Trinajstić information content (AvgIpc) is 1.54. The SMILES string of the molecule is COc1cc(N=Nc2cc(SOOO)c3cccc(S(=O)(=O)O)c3c2)c(NC(C)=O)cc1Nc1nc(Cl)nc(NCCN2CCN(c3nc(Cl)nc(Nc4cc(SOOO)cc5cc(S(=O)(=O)O)c(NNc6ccc(C)cc6SOOO)c(O)c45)n3)CC2)n1. The molecule has 0 aliphatic carbocycles. The molecule has 1 saturated heterocycles. The number of hydrogen-bond donors (Lipinski definition) is 12. The number of fused-ring (bicyclic) bond motifs is 2. The van der Waals surface area contributed by atoms with Crippen LogP contribution in [-0.4, -0.2) is 134 Å². The number of aromatic hydroxyl groups is 1. The third-order valence-electron chi connectivity index (χ3n) is 12.5. The fourth-order valence-electron chi connectivity index (χ4n) is 8.77. The van der Waals surface area contributed by atoms with Crippen molar-refractivity contribution >= 4 is 171 Å². The van der Waals surface area contributed by atoms with E-state index in [4.69, 9.17) is 43.7 Å². The number of aromatic nitrogens is 6. The molecule has 34 nitrogen and oxygen atoms in total. The van der Waals surface area contributed by atoms with Crippen LogP contribution in [0.4, 0.5) is 63.6 Å². The second-order valence-electron chi connectivity index (χ2n) is 18.3. The fourth-order valence-corrected chi connectivity index (χ4v) is 12.0. The Bertz CT molecular complexity index is 4230. The highest BCUT2D eigenvalue weighted by Crippen LogP contribution is 2.46. The maximum absolute atomic E-state index is 12.8. The zero-order valence-electron chi connectivity index (χ0n) is 45.6. The number of nitrogens with one attached hydrogen (secondary N) is 6. The quantitative estimate of drug-likeness (QED) is 0.00568. The zero-order valence-corrected chi connectivity index (χ0v) is 51.2. The van der Waals surface area contributed by atoms with Crippen LogP contribution in [0.3, 0.4) is 0 Å². The van der Waals surface area contributed by atoms with E-state index in [2.05, 4.69) is 105 Å². The lowest BCUT2D eigenvalue weighted by Gasteiger charge is -2.34. The average molecular weight is 1370 g/mol. The smallest absolute Gasteiger partial charge is 0.296 e. The molecule has 1 amide bonds. The van der Waals surface area contributed by atoms with E-state index in [1.165, 1.54) is 62.6 Å². The Balaban J connectivity index is 0.874. The molecule has 6 aromatic carbocycles. The molecule has 0 atom stereocenters. The molecule has 12 N–H and O–H groups in total. The number of ether oxygens (including phenoxy) is 1. The molecule has 0 bridgehead atoms. The number of rotatable bonds is 27. The molecule has 0 spiro atoms. The Morgan fingerprint density at radius 2 is 1.36 bits per heavy atom. The standard InChI is InChI=1S/C48H46Cl2N16O18S5/c1-23-7-8-30(37(15-23)87-84-81-71)62-64-41-39(89(75,76)77)17-25-16-27(85-82-79-69)20-34(40(25)42(41)68)54-47-57-44(50)58-48(60-47)66-13-11-65(12-14-66)10-9-51-45-55-43(49)56-46(59-45)53-33-21-31(52-24(2)67)32(22-35(33)78-3)63-61-26-18-29-28(36(19-26)86-83-80-70)5-4-6-38(29)88(72,73)74/h4-8,15-22,62,64,68-71H,9-14H2,1-3H3,(H,52,67)(H,72,73,74)(H,75,76,77)(H,54,57,58,60)(H2,51,53,55,56,59). The Kier molecular flexibility index (Phi) is 21.7. The number of aryl methyl sites for hydroxylation is 1. The van der Waals surface area contributed by atoms with E-state index >= 15 is 0 Å². The topological polar surface area (TPSA) is 452 Å². The number of benzene rings is 6. The van der Waals surface area contributed by atoms with Gasteiger partial charge in [0.2, 0.25) is 40.3 Å². The van der Waals surface area contributed by atoms with Crippen molar-refractivity contribution in [2.24, 2.45) is 10.2 Å². The van der Waals surface area contributed by atoms with Crippen LogP contribution in [0.5, 0.6) is 11.5 Å². The number of phenols is 1. The molecule has 0 radical (unpaired) electrons. The molecule has 1 aliphatic heterocycles. The van der Waals surface area contributed by atoms with Gasteiger partial charge in [-0.05, 0) is 101 Å². The lowest BCUT2D eigenvalue weighted by atomic mass is 10.1. The number of amides is 1. The number of azo groups is 1. The Morgan fingerprint density at radius 1 is 0.685 bits per heavy atom. The van der Waals surface area contributed by atoms with E-state index in [9.17, 15) is 35.8 Å². The Labute approximate surface area is 525 Å². The normalized spacial score (nSPS) is 13.1. The van der Waals surface area contributed by atoms with Crippen molar-refractivity contribution in [2.75, 3.05) is 83.4 Å². The summed E-state index contributed by atoms with van der Waals surface area (Å²) in [4.78, 5) is 42.1. The van der Waals surface area contributed by atoms with Crippen LogP contribution in [0.25, 0.3) is 21.5 Å². The highest BCUT2D eigenvalue weighted by atomic mass is 35.5. The van der Waals surface area contributed by atoms with Gasteiger partial charge in [-0.3, -0.25) is 29.7 Å². The summed E-state index contributed by atoms with van der Waals surface area (Å²) in [5, 5.41) is 70.0. The summed E-state index contributed by atoms with van der Waals surface area (Å²) >= 11 is 14.5. The van der Waals surface area contributed by atoms with E-state index < -0.39 is 47.4 Å². The number of anilines is 9. The lowest BCUT2D eigenvalue weighted by Crippen LogP contribution is -2.48. The van der Waals surface area contributed by atoms with Gasteiger partial charge in [0.05, 0.1) is 76.6 Å². The van der Waals surface area contributed by atoms with Crippen LogP contribution in [0.2, 0.25) is 10.6 Å². The van der Waals surface area contributed by atoms with Crippen molar-refractivity contribution in [1.29, 1.82) is 0 Å². The van der Waals surface area contributed by atoms with Gasteiger partial charge in [-0.2, -0.15) is 51.9 Å². The molecule has 1 fully saturated rings. The number of nitrogens with zero attached hydrogens (tertiary/aromatic N) is 10. The number of carbonyl (C=O) groups excluding carboxylic acids is 1.